The molecule has 0 aliphatic rings. The van der Waals surface area contributed by atoms with Crippen LogP contribution in [-0.4, -0.2) is 17.1 Å². The van der Waals surface area contributed by atoms with Crippen LogP contribution in [0.5, 0.6) is 0 Å². The van der Waals surface area contributed by atoms with Crippen molar-refractivity contribution in [1.82, 2.24) is 0 Å². The molecular formula is C12H8BrClN2O3S. The molecule has 2 rings (SSSR count). The van der Waals surface area contributed by atoms with Crippen molar-refractivity contribution in [3.05, 3.63) is 44.7 Å². The van der Waals surface area contributed by atoms with Gasteiger partial charge in [0.2, 0.25) is 0 Å². The second kappa shape index (κ2) is 6.25. The van der Waals surface area contributed by atoms with Gasteiger partial charge < -0.3 is 10.4 Å². The number of carboxylic acids is 1. The number of carbonyl (C=O) groups is 2. The molecule has 2 amide bonds. The van der Waals surface area contributed by atoms with Crippen molar-refractivity contribution >= 4 is 61.6 Å². The first-order chi connectivity index (χ1) is 9.47. The lowest BCUT2D eigenvalue weighted by atomic mass is 10.3. The van der Waals surface area contributed by atoms with E-state index in [1.165, 1.54) is 6.07 Å². The number of rotatable bonds is 3. The van der Waals surface area contributed by atoms with Gasteiger partial charge in [0, 0.05) is 10.2 Å². The first-order valence-corrected chi connectivity index (χ1v) is 7.36. The number of aromatic carboxylic acids is 1. The van der Waals surface area contributed by atoms with E-state index >= 15 is 0 Å². The average molecular weight is 376 g/mol. The minimum atomic E-state index is -1.09. The molecule has 0 saturated carbocycles. The summed E-state index contributed by atoms with van der Waals surface area (Å²) in [5.74, 6) is -1.09. The van der Waals surface area contributed by atoms with Crippen LogP contribution >= 0.6 is 38.9 Å². The largest absolute Gasteiger partial charge is 0.478 e. The summed E-state index contributed by atoms with van der Waals surface area (Å²) in [6, 6.07) is 5.85. The Labute approximate surface area is 131 Å². The first kappa shape index (κ1) is 14.8. The number of nitrogens with one attached hydrogen (secondary N) is 2. The number of carbonyl (C=O) groups excluding carboxylic acids is 1. The fourth-order valence-corrected chi connectivity index (χ4v) is 2.62. The Morgan fingerprint density at radius 1 is 1.25 bits per heavy atom. The van der Waals surface area contributed by atoms with Gasteiger partial charge in [0.15, 0.2) is 0 Å². The maximum absolute atomic E-state index is 11.8. The molecule has 1 aromatic heterocycles. The van der Waals surface area contributed by atoms with E-state index < -0.39 is 12.0 Å². The van der Waals surface area contributed by atoms with Gasteiger partial charge in [0.25, 0.3) is 0 Å². The predicted molar refractivity (Wildman–Crippen MR) is 83.1 cm³/mol. The van der Waals surface area contributed by atoms with Gasteiger partial charge in [-0.15, -0.1) is 11.3 Å². The lowest BCUT2D eigenvalue weighted by molar-refractivity contribution is 0.0698. The van der Waals surface area contributed by atoms with Crippen molar-refractivity contribution < 1.29 is 14.7 Å². The molecule has 8 heteroatoms. The molecule has 0 bridgehead atoms. The standard InChI is InChI=1S/C12H8BrClN2O3S/c13-8-2-1-6(5-9(8)14)15-12(19)16-10-7(11(17)18)3-4-20-10/h1-5H,(H,17,18)(H2,15,16,19). The van der Waals surface area contributed by atoms with Gasteiger partial charge in [0.1, 0.15) is 5.00 Å². The number of halogens is 2. The SMILES string of the molecule is O=C(Nc1ccc(Br)c(Cl)c1)Nc1sccc1C(=O)O. The van der Waals surface area contributed by atoms with Crippen LogP contribution in [0.2, 0.25) is 5.02 Å². The summed E-state index contributed by atoms with van der Waals surface area (Å²) in [5, 5.41) is 16.3. The summed E-state index contributed by atoms with van der Waals surface area (Å²) in [7, 11) is 0. The van der Waals surface area contributed by atoms with Crippen LogP contribution in [0.3, 0.4) is 0 Å². The number of hydrogen-bond donors (Lipinski definition) is 3. The Kier molecular flexibility index (Phi) is 4.64. The minimum Gasteiger partial charge on any atom is -0.478 e. The smallest absolute Gasteiger partial charge is 0.338 e. The molecule has 0 fully saturated rings. The lowest BCUT2D eigenvalue weighted by Crippen LogP contribution is -2.20. The molecule has 20 heavy (non-hydrogen) atoms. The van der Waals surface area contributed by atoms with Gasteiger partial charge in [-0.2, -0.15) is 0 Å². The fraction of sp³-hybridized carbons (Fsp3) is 0. The van der Waals surface area contributed by atoms with Gasteiger partial charge in [-0.3, -0.25) is 5.32 Å². The van der Waals surface area contributed by atoms with E-state index in [1.807, 2.05) is 0 Å². The Morgan fingerprint density at radius 2 is 2.00 bits per heavy atom. The molecule has 0 aliphatic carbocycles. The van der Waals surface area contributed by atoms with E-state index in [4.69, 9.17) is 16.7 Å². The predicted octanol–water partition coefficient (Wildman–Crippen LogP) is 4.51. The second-order valence-electron chi connectivity index (χ2n) is 3.68. The number of thiophene rings is 1. The highest BCUT2D eigenvalue weighted by Gasteiger charge is 2.14. The molecule has 1 aromatic carbocycles. The van der Waals surface area contributed by atoms with Crippen molar-refractivity contribution in [2.24, 2.45) is 0 Å². The summed E-state index contributed by atoms with van der Waals surface area (Å²) in [5.41, 5.74) is 0.558. The molecule has 0 atom stereocenters. The van der Waals surface area contributed by atoms with Crippen LogP contribution in [0.1, 0.15) is 10.4 Å². The van der Waals surface area contributed by atoms with Crippen molar-refractivity contribution in [2.45, 2.75) is 0 Å². The number of carboxylic acid groups (broad SMARTS) is 1. The van der Waals surface area contributed by atoms with E-state index in [2.05, 4.69) is 26.6 Å². The summed E-state index contributed by atoms with van der Waals surface area (Å²) in [4.78, 5) is 22.7. The maximum atomic E-state index is 11.8. The Balaban J connectivity index is 2.07. The first-order valence-electron chi connectivity index (χ1n) is 5.31. The highest BCUT2D eigenvalue weighted by molar-refractivity contribution is 9.10. The van der Waals surface area contributed by atoms with Crippen molar-refractivity contribution in [2.75, 3.05) is 10.6 Å². The van der Waals surface area contributed by atoms with E-state index in [0.717, 1.165) is 15.8 Å². The summed E-state index contributed by atoms with van der Waals surface area (Å²) in [6.45, 7) is 0. The zero-order valence-corrected chi connectivity index (χ0v) is 13.0. The van der Waals surface area contributed by atoms with Crippen LogP contribution in [0, 0.1) is 0 Å². The van der Waals surface area contributed by atoms with Gasteiger partial charge in [0.05, 0.1) is 10.6 Å². The Bertz CT molecular complexity index is 674. The van der Waals surface area contributed by atoms with Crippen molar-refractivity contribution in [3.8, 4) is 0 Å². The van der Waals surface area contributed by atoms with Crippen LogP contribution < -0.4 is 10.6 Å². The summed E-state index contributed by atoms with van der Waals surface area (Å²) >= 11 is 10.3. The number of hydrogen-bond acceptors (Lipinski definition) is 3. The summed E-state index contributed by atoms with van der Waals surface area (Å²) in [6.07, 6.45) is 0. The third-order valence-electron chi connectivity index (χ3n) is 2.30. The molecule has 3 N–H and O–H groups in total. The van der Waals surface area contributed by atoms with Crippen LogP contribution in [-0.2, 0) is 0 Å². The zero-order chi connectivity index (χ0) is 14.7. The topological polar surface area (TPSA) is 78.4 Å². The fourth-order valence-electron chi connectivity index (χ4n) is 1.41. The average Bonchev–Trinajstić information content (AvgIpc) is 2.82. The third-order valence-corrected chi connectivity index (χ3v) is 4.36. The van der Waals surface area contributed by atoms with Crippen LogP contribution in [0.4, 0.5) is 15.5 Å². The summed E-state index contributed by atoms with van der Waals surface area (Å²) < 4.78 is 0.719. The van der Waals surface area contributed by atoms with Gasteiger partial charge >= 0.3 is 12.0 Å². The van der Waals surface area contributed by atoms with E-state index in [-0.39, 0.29) is 10.6 Å². The highest BCUT2D eigenvalue weighted by atomic mass is 79.9. The molecule has 5 nitrogen and oxygen atoms in total. The molecule has 0 spiro atoms. The van der Waals surface area contributed by atoms with Crippen molar-refractivity contribution in [3.63, 3.8) is 0 Å². The zero-order valence-electron chi connectivity index (χ0n) is 9.81. The number of urea groups is 1. The lowest BCUT2D eigenvalue weighted by Gasteiger charge is -2.07. The van der Waals surface area contributed by atoms with E-state index in [9.17, 15) is 9.59 Å². The Hall–Kier alpha value is -1.57. The molecule has 2 aromatic rings. The third kappa shape index (κ3) is 3.50. The molecule has 0 saturated heterocycles. The number of amides is 2. The highest BCUT2D eigenvalue weighted by Crippen LogP contribution is 2.26. The normalized spacial score (nSPS) is 10.1. The Morgan fingerprint density at radius 3 is 2.65 bits per heavy atom. The van der Waals surface area contributed by atoms with Crippen LogP contribution in [0.25, 0.3) is 0 Å². The van der Waals surface area contributed by atoms with Crippen LogP contribution in [0.15, 0.2) is 34.1 Å². The second-order valence-corrected chi connectivity index (χ2v) is 5.85. The monoisotopic (exact) mass is 374 g/mol. The molecule has 104 valence electrons. The molecule has 1 heterocycles. The van der Waals surface area contributed by atoms with Gasteiger partial charge in [-0.05, 0) is 45.6 Å². The minimum absolute atomic E-state index is 0.0546. The molecule has 0 radical (unpaired) electrons. The number of anilines is 2. The molecule has 0 aliphatic heterocycles. The van der Waals surface area contributed by atoms with E-state index in [0.29, 0.717) is 10.7 Å². The van der Waals surface area contributed by atoms with E-state index in [1.54, 1.807) is 23.6 Å². The van der Waals surface area contributed by atoms with Crippen molar-refractivity contribution in [1.29, 1.82) is 0 Å². The van der Waals surface area contributed by atoms with Gasteiger partial charge in [-0.1, -0.05) is 11.6 Å². The van der Waals surface area contributed by atoms with Gasteiger partial charge in [-0.25, -0.2) is 9.59 Å². The number of benzene rings is 1. The quantitative estimate of drug-likeness (QED) is 0.738. The molecule has 0 unspecified atom stereocenters. The maximum Gasteiger partial charge on any atom is 0.338 e. The molecular weight excluding hydrogens is 368 g/mol.